The number of fused-ring (bicyclic) bond motifs is 3. The number of hydrogen-bond donors (Lipinski definition) is 0. The Labute approximate surface area is 250 Å². The molecule has 3 aliphatic rings. The molecule has 1 unspecified atom stereocenters. The van der Waals surface area contributed by atoms with Crippen LogP contribution in [0, 0.1) is 12.7 Å². The zero-order valence-corrected chi connectivity index (χ0v) is 24.9. The normalized spacial score (nSPS) is 16.4. The Morgan fingerprint density at radius 2 is 1.73 bits per heavy atom. The van der Waals surface area contributed by atoms with E-state index < -0.39 is 9.84 Å². The predicted octanol–water partition coefficient (Wildman–Crippen LogP) is 4.87. The third kappa shape index (κ3) is 6.09. The molecular formula is C30H32IrN4O4S-2. The number of rotatable bonds is 4. The first-order valence-electron chi connectivity index (χ1n) is 12.0. The van der Waals surface area contributed by atoms with Crippen LogP contribution in [-0.4, -0.2) is 51.6 Å². The van der Waals surface area contributed by atoms with Crippen LogP contribution in [-0.2, 0) is 41.1 Å². The molecule has 213 valence electrons. The van der Waals surface area contributed by atoms with E-state index in [2.05, 4.69) is 35.3 Å². The van der Waals surface area contributed by atoms with E-state index in [0.717, 1.165) is 12.1 Å². The molecule has 0 fully saturated rings. The topological polar surface area (TPSA) is 73.4 Å². The van der Waals surface area contributed by atoms with Gasteiger partial charge in [0.15, 0.2) is 9.84 Å². The number of likely N-dealkylation sites (N-methyl/N-ethyl adjacent to an activating group) is 1. The number of carbonyl (C=O) groups is 1. The van der Waals surface area contributed by atoms with E-state index in [9.17, 15) is 13.2 Å². The standard InChI is InChI=1S/C16H14N2O2S.C13H14N2O2.CH4.Ir/c1-17-11-12-18(13-17)14-7-9-16(10-8-14)21(19,20)15-5-3-2-4-6-15;1-14-5-6-15-11-4-3-9(13(16)17-2)7-10(11)8-12(14)15;;/h2-7,9-13H,1H3;3-7,12H,8H2,1-2H3;1H4;/q-2;;;. The molecular weight excluding hydrogens is 705 g/mol. The van der Waals surface area contributed by atoms with E-state index in [0.29, 0.717) is 16.6 Å². The molecule has 0 saturated carbocycles. The zero-order valence-electron chi connectivity index (χ0n) is 21.7. The molecule has 3 aromatic carbocycles. The summed E-state index contributed by atoms with van der Waals surface area (Å²) in [5, 5.41) is 0. The molecule has 1 radical (unpaired) electrons. The van der Waals surface area contributed by atoms with Gasteiger partial charge in [0.05, 0.1) is 17.6 Å². The number of hydrogen-bond acceptors (Lipinski definition) is 8. The van der Waals surface area contributed by atoms with Gasteiger partial charge in [0.2, 0.25) is 0 Å². The number of sulfone groups is 1. The van der Waals surface area contributed by atoms with Crippen LogP contribution >= 0.6 is 0 Å². The van der Waals surface area contributed by atoms with Gasteiger partial charge in [-0.2, -0.15) is 24.9 Å². The molecule has 8 nitrogen and oxygen atoms in total. The zero-order chi connectivity index (χ0) is 26.9. The molecule has 0 aliphatic carbocycles. The Balaban J connectivity index is 0.000000214. The molecule has 3 aromatic rings. The quantitative estimate of drug-likeness (QED) is 0.278. The molecule has 10 heteroatoms. The summed E-state index contributed by atoms with van der Waals surface area (Å²) in [5.74, 6) is -0.274. The number of nitrogens with zero attached hydrogens (tertiary/aromatic N) is 4. The van der Waals surface area contributed by atoms with Crippen LogP contribution in [0.3, 0.4) is 0 Å². The monoisotopic (exact) mass is 737 g/mol. The average molecular weight is 737 g/mol. The van der Waals surface area contributed by atoms with E-state index >= 15 is 0 Å². The van der Waals surface area contributed by atoms with E-state index in [4.69, 9.17) is 4.74 Å². The Kier molecular flexibility index (Phi) is 9.84. The van der Waals surface area contributed by atoms with Crippen molar-refractivity contribution in [2.75, 3.05) is 31.0 Å². The molecule has 0 spiro atoms. The number of esters is 1. The van der Waals surface area contributed by atoms with Crippen molar-refractivity contribution in [2.24, 2.45) is 0 Å². The summed E-state index contributed by atoms with van der Waals surface area (Å²) in [7, 11) is 1.91. The van der Waals surface area contributed by atoms with Crippen LogP contribution in [0.15, 0.2) is 101 Å². The Bertz CT molecular complexity index is 1490. The molecule has 0 saturated heterocycles. The van der Waals surface area contributed by atoms with Crippen molar-refractivity contribution in [3.05, 3.63) is 115 Å². The average Bonchev–Trinajstić information content (AvgIpc) is 3.65. The molecule has 1 atom stereocenters. The minimum Gasteiger partial charge on any atom is -0.510 e. The molecule has 0 amide bonds. The van der Waals surface area contributed by atoms with Gasteiger partial charge < -0.3 is 24.3 Å². The summed E-state index contributed by atoms with van der Waals surface area (Å²) >= 11 is 0. The van der Waals surface area contributed by atoms with E-state index in [1.54, 1.807) is 42.5 Å². The van der Waals surface area contributed by atoms with Gasteiger partial charge in [0.1, 0.15) is 6.17 Å². The fourth-order valence-corrected chi connectivity index (χ4v) is 5.80. The van der Waals surface area contributed by atoms with Gasteiger partial charge in [-0.25, -0.2) is 13.2 Å². The summed E-state index contributed by atoms with van der Waals surface area (Å²) < 4.78 is 29.6. The number of methoxy groups -OCH3 is 1. The van der Waals surface area contributed by atoms with Crippen molar-refractivity contribution in [3.63, 3.8) is 0 Å². The van der Waals surface area contributed by atoms with Gasteiger partial charge >= 0.3 is 5.97 Å². The fourth-order valence-electron chi connectivity index (χ4n) is 4.56. The van der Waals surface area contributed by atoms with E-state index in [1.807, 2.05) is 54.1 Å². The van der Waals surface area contributed by atoms with Crippen molar-refractivity contribution < 1.29 is 38.1 Å². The minimum absolute atomic E-state index is 0. The van der Waals surface area contributed by atoms with Crippen molar-refractivity contribution >= 4 is 27.2 Å². The third-order valence-corrected chi connectivity index (χ3v) is 8.38. The molecule has 40 heavy (non-hydrogen) atoms. The maximum absolute atomic E-state index is 12.5. The van der Waals surface area contributed by atoms with Gasteiger partial charge in [0, 0.05) is 51.7 Å². The summed E-state index contributed by atoms with van der Waals surface area (Å²) in [4.78, 5) is 20.2. The number of anilines is 2. The van der Waals surface area contributed by atoms with Gasteiger partial charge in [-0.1, -0.05) is 25.6 Å². The molecule has 0 N–H and O–H groups in total. The van der Waals surface area contributed by atoms with Gasteiger partial charge in [0.25, 0.3) is 0 Å². The van der Waals surface area contributed by atoms with Crippen molar-refractivity contribution in [3.8, 4) is 0 Å². The Morgan fingerprint density at radius 1 is 0.975 bits per heavy atom. The third-order valence-electron chi connectivity index (χ3n) is 6.61. The predicted molar refractivity (Wildman–Crippen MR) is 152 cm³/mol. The molecule has 0 bridgehead atoms. The Hall–Kier alpha value is -3.59. The first kappa shape index (κ1) is 30.9. The molecule has 3 heterocycles. The summed E-state index contributed by atoms with van der Waals surface area (Å²) in [5.41, 5.74) is 3.80. The van der Waals surface area contributed by atoms with Crippen LogP contribution in [0.25, 0.3) is 0 Å². The second-order valence-electron chi connectivity index (χ2n) is 9.10. The van der Waals surface area contributed by atoms with Crippen LogP contribution in [0.1, 0.15) is 23.3 Å². The van der Waals surface area contributed by atoms with E-state index in [1.165, 1.54) is 24.4 Å². The maximum atomic E-state index is 12.5. The maximum Gasteiger partial charge on any atom is 0.337 e. The first-order chi connectivity index (χ1) is 18.3. The van der Waals surface area contributed by atoms with Crippen molar-refractivity contribution in [1.29, 1.82) is 0 Å². The number of carbonyl (C=O) groups excluding carboxylic acids is 1. The summed E-state index contributed by atoms with van der Waals surface area (Å²) in [6.07, 6.45) is 9.23. The van der Waals surface area contributed by atoms with Crippen LogP contribution in [0.2, 0.25) is 0 Å². The van der Waals surface area contributed by atoms with Gasteiger partial charge in [-0.15, -0.1) is 11.8 Å². The van der Waals surface area contributed by atoms with Crippen LogP contribution in [0.5, 0.6) is 0 Å². The second-order valence-corrected chi connectivity index (χ2v) is 11.1. The summed E-state index contributed by atoms with van der Waals surface area (Å²) in [6.45, 7) is 1.89. The summed E-state index contributed by atoms with van der Waals surface area (Å²) in [6, 6.07) is 22.0. The van der Waals surface area contributed by atoms with Gasteiger partial charge in [-0.3, -0.25) is 0 Å². The van der Waals surface area contributed by atoms with Gasteiger partial charge in [-0.05, 0) is 60.2 Å². The van der Waals surface area contributed by atoms with E-state index in [-0.39, 0.29) is 38.4 Å². The number of ether oxygens (including phenoxy) is 1. The smallest absolute Gasteiger partial charge is 0.337 e. The van der Waals surface area contributed by atoms with Crippen LogP contribution in [0.4, 0.5) is 11.4 Å². The molecule has 0 aromatic heterocycles. The van der Waals surface area contributed by atoms with Crippen molar-refractivity contribution in [1.82, 2.24) is 9.80 Å². The first-order valence-corrected chi connectivity index (χ1v) is 13.5. The molecule has 3 aliphatic heterocycles. The fraction of sp³-hybridized carbons (Fsp3) is 0.200. The SMILES string of the molecule is C.CN1C=CN(c2[c-]cc(S(=O)(=O)c3ccccc3)cc2)[CH-]1.COC(=O)c1ccc2c(c1)CC1N(C)C=CN21.[Ir]. The Morgan fingerprint density at radius 3 is 2.35 bits per heavy atom. The minimum atomic E-state index is -3.48. The largest absolute Gasteiger partial charge is 0.510 e. The number of benzene rings is 3. The second kappa shape index (κ2) is 12.7. The van der Waals surface area contributed by atoms with Crippen molar-refractivity contribution in [2.45, 2.75) is 29.8 Å². The molecule has 6 rings (SSSR count). The van der Waals surface area contributed by atoms with Crippen LogP contribution < -0.4 is 9.80 Å².